The number of rotatable bonds is 1. The molecular formula is C17H22ClN3O2. The molecule has 4 aliphatic heterocycles. The first-order chi connectivity index (χ1) is 10.3. The van der Waals surface area contributed by atoms with E-state index in [2.05, 4.69) is 38.6 Å². The van der Waals surface area contributed by atoms with Crippen molar-refractivity contribution >= 4 is 29.2 Å². The zero-order valence-corrected chi connectivity index (χ0v) is 13.8. The standard InChI is InChI=1S/C17H19N3O.ClH.H2O/c21-17-15-9-13-3-1-2-4-14(13)19(15)11-20(17)16-10-18-7-5-12(16)6-8-18;;/h1-4,9,12,16H,5-8,10-11H2;1H;1H2. The lowest BCUT2D eigenvalue weighted by Crippen LogP contribution is -2.57. The van der Waals surface area contributed by atoms with Crippen molar-refractivity contribution in [2.45, 2.75) is 25.6 Å². The van der Waals surface area contributed by atoms with Crippen LogP contribution in [0.25, 0.3) is 10.9 Å². The van der Waals surface area contributed by atoms with Crippen LogP contribution in [0.5, 0.6) is 0 Å². The third-order valence-corrected chi connectivity index (χ3v) is 5.61. The van der Waals surface area contributed by atoms with Crippen LogP contribution < -0.4 is 0 Å². The van der Waals surface area contributed by atoms with Crippen LogP contribution in [0.3, 0.4) is 0 Å². The summed E-state index contributed by atoms with van der Waals surface area (Å²) in [7, 11) is 0. The van der Waals surface area contributed by atoms with Gasteiger partial charge in [0.1, 0.15) is 5.69 Å². The summed E-state index contributed by atoms with van der Waals surface area (Å²) >= 11 is 0. The molecule has 3 fully saturated rings. The van der Waals surface area contributed by atoms with Crippen LogP contribution in [-0.4, -0.2) is 51.4 Å². The number of carbonyl (C=O) groups excluding carboxylic acids is 1. The number of hydrogen-bond donors (Lipinski definition) is 0. The molecule has 2 bridgehead atoms. The first-order valence-corrected chi connectivity index (χ1v) is 7.93. The van der Waals surface area contributed by atoms with E-state index in [9.17, 15) is 4.79 Å². The van der Waals surface area contributed by atoms with Gasteiger partial charge in [-0.05, 0) is 44.0 Å². The van der Waals surface area contributed by atoms with Gasteiger partial charge in [-0.25, -0.2) is 0 Å². The topological polar surface area (TPSA) is 60.0 Å². The number of amides is 1. The molecule has 1 unspecified atom stereocenters. The van der Waals surface area contributed by atoms with E-state index in [0.717, 1.165) is 18.9 Å². The monoisotopic (exact) mass is 335 g/mol. The molecule has 0 spiro atoms. The molecule has 5 heterocycles. The molecule has 124 valence electrons. The maximum Gasteiger partial charge on any atom is 0.272 e. The minimum atomic E-state index is 0. The van der Waals surface area contributed by atoms with E-state index < -0.39 is 0 Å². The predicted octanol–water partition coefficient (Wildman–Crippen LogP) is 1.75. The lowest BCUT2D eigenvalue weighted by atomic mass is 9.83. The number of carbonyl (C=O) groups is 1. The summed E-state index contributed by atoms with van der Waals surface area (Å²) in [5, 5.41) is 1.18. The Morgan fingerprint density at radius 1 is 1.09 bits per heavy atom. The minimum absolute atomic E-state index is 0. The first-order valence-electron chi connectivity index (χ1n) is 7.93. The Balaban J connectivity index is 0.000000781. The van der Waals surface area contributed by atoms with Crippen LogP contribution in [0.15, 0.2) is 30.3 Å². The average molecular weight is 336 g/mol. The van der Waals surface area contributed by atoms with E-state index in [1.165, 1.54) is 36.8 Å². The predicted molar refractivity (Wildman–Crippen MR) is 91.9 cm³/mol. The smallest absolute Gasteiger partial charge is 0.272 e. The van der Waals surface area contributed by atoms with Crippen molar-refractivity contribution in [2.24, 2.45) is 5.92 Å². The molecule has 0 saturated carbocycles. The SMILES string of the molecule is Cl.O.O=C1c2cc3ccccc3n2CN1C1CN2CCC1CC2. The van der Waals surface area contributed by atoms with Crippen molar-refractivity contribution in [3.63, 3.8) is 0 Å². The number of halogens is 1. The van der Waals surface area contributed by atoms with Gasteiger partial charge in [0, 0.05) is 18.0 Å². The zero-order chi connectivity index (χ0) is 14.0. The molecule has 0 aliphatic carbocycles. The van der Waals surface area contributed by atoms with Crippen molar-refractivity contribution < 1.29 is 10.3 Å². The molecule has 1 aromatic carbocycles. The lowest BCUT2D eigenvalue weighted by Gasteiger charge is -2.47. The number of fused-ring (bicyclic) bond motifs is 6. The van der Waals surface area contributed by atoms with Crippen molar-refractivity contribution in [3.8, 4) is 0 Å². The normalized spacial score (nSPS) is 28.4. The third-order valence-electron chi connectivity index (χ3n) is 5.61. The summed E-state index contributed by atoms with van der Waals surface area (Å²) in [5.74, 6) is 0.930. The molecule has 2 N–H and O–H groups in total. The van der Waals surface area contributed by atoms with Crippen LogP contribution >= 0.6 is 12.4 Å². The molecule has 1 atom stereocenters. The zero-order valence-electron chi connectivity index (χ0n) is 12.9. The fourth-order valence-electron chi connectivity index (χ4n) is 4.45. The number of para-hydroxylation sites is 1. The summed E-state index contributed by atoms with van der Waals surface area (Å²) < 4.78 is 2.19. The summed E-state index contributed by atoms with van der Waals surface area (Å²) in [6.07, 6.45) is 2.51. The van der Waals surface area contributed by atoms with Gasteiger partial charge in [-0.2, -0.15) is 0 Å². The molecular weight excluding hydrogens is 314 g/mol. The second kappa shape index (κ2) is 5.82. The van der Waals surface area contributed by atoms with Gasteiger partial charge in [-0.1, -0.05) is 18.2 Å². The van der Waals surface area contributed by atoms with Crippen molar-refractivity contribution in [2.75, 3.05) is 19.6 Å². The van der Waals surface area contributed by atoms with E-state index in [1.807, 2.05) is 6.07 Å². The number of hydrogen-bond acceptors (Lipinski definition) is 2. The molecule has 2 aromatic rings. The van der Waals surface area contributed by atoms with Crippen LogP contribution in [0.2, 0.25) is 0 Å². The molecule has 4 aliphatic rings. The number of piperidine rings is 3. The highest BCUT2D eigenvalue weighted by molar-refractivity contribution is 6.00. The first kappa shape index (κ1) is 16.3. The van der Waals surface area contributed by atoms with Crippen LogP contribution in [-0.2, 0) is 6.67 Å². The highest BCUT2D eigenvalue weighted by Crippen LogP contribution is 2.35. The summed E-state index contributed by atoms with van der Waals surface area (Å²) in [4.78, 5) is 17.5. The Morgan fingerprint density at radius 3 is 2.52 bits per heavy atom. The minimum Gasteiger partial charge on any atom is -0.412 e. The van der Waals surface area contributed by atoms with E-state index in [4.69, 9.17) is 0 Å². The molecule has 1 amide bonds. The maximum atomic E-state index is 12.8. The molecule has 6 heteroatoms. The van der Waals surface area contributed by atoms with Gasteiger partial charge in [-0.15, -0.1) is 12.4 Å². The van der Waals surface area contributed by atoms with E-state index in [-0.39, 0.29) is 23.8 Å². The van der Waals surface area contributed by atoms with Gasteiger partial charge in [0.15, 0.2) is 0 Å². The average Bonchev–Trinajstić information content (AvgIpc) is 3.06. The summed E-state index contributed by atoms with van der Waals surface area (Å²) in [5.41, 5.74) is 2.05. The van der Waals surface area contributed by atoms with Gasteiger partial charge < -0.3 is 19.8 Å². The highest BCUT2D eigenvalue weighted by atomic mass is 35.5. The van der Waals surface area contributed by atoms with Crippen LogP contribution in [0.1, 0.15) is 23.3 Å². The Kier molecular flexibility index (Phi) is 4.12. The Hall–Kier alpha value is -1.56. The van der Waals surface area contributed by atoms with E-state index >= 15 is 0 Å². The van der Waals surface area contributed by atoms with Crippen LogP contribution in [0, 0.1) is 5.92 Å². The fourth-order valence-corrected chi connectivity index (χ4v) is 4.45. The fraction of sp³-hybridized carbons (Fsp3) is 0.471. The molecule has 6 rings (SSSR count). The van der Waals surface area contributed by atoms with Crippen molar-refractivity contribution in [3.05, 3.63) is 36.0 Å². The second-order valence-electron chi connectivity index (χ2n) is 6.64. The molecule has 23 heavy (non-hydrogen) atoms. The molecule has 0 radical (unpaired) electrons. The number of benzene rings is 1. The van der Waals surface area contributed by atoms with Gasteiger partial charge in [-0.3, -0.25) is 4.79 Å². The number of nitrogens with zero attached hydrogens (tertiary/aromatic N) is 3. The maximum absolute atomic E-state index is 12.8. The van der Waals surface area contributed by atoms with Crippen molar-refractivity contribution in [1.82, 2.24) is 14.4 Å². The van der Waals surface area contributed by atoms with Gasteiger partial charge in [0.2, 0.25) is 0 Å². The van der Waals surface area contributed by atoms with Crippen LogP contribution in [0.4, 0.5) is 0 Å². The van der Waals surface area contributed by atoms with E-state index in [1.54, 1.807) is 0 Å². The summed E-state index contributed by atoms with van der Waals surface area (Å²) in [6.45, 7) is 4.24. The Labute approximate surface area is 141 Å². The lowest BCUT2D eigenvalue weighted by molar-refractivity contribution is 0.00465. The van der Waals surface area contributed by atoms with E-state index in [0.29, 0.717) is 12.0 Å². The molecule has 1 aromatic heterocycles. The third kappa shape index (κ3) is 2.26. The van der Waals surface area contributed by atoms with Crippen molar-refractivity contribution in [1.29, 1.82) is 0 Å². The molecule has 5 nitrogen and oxygen atoms in total. The quantitative estimate of drug-likeness (QED) is 0.797. The Morgan fingerprint density at radius 2 is 1.83 bits per heavy atom. The summed E-state index contributed by atoms with van der Waals surface area (Å²) in [6, 6.07) is 10.8. The highest BCUT2D eigenvalue weighted by Gasteiger charge is 2.42. The van der Waals surface area contributed by atoms with Gasteiger partial charge in [0.25, 0.3) is 5.91 Å². The van der Waals surface area contributed by atoms with Gasteiger partial charge >= 0.3 is 0 Å². The second-order valence-corrected chi connectivity index (χ2v) is 6.64. The van der Waals surface area contributed by atoms with Gasteiger partial charge in [0.05, 0.1) is 12.2 Å². The number of aromatic nitrogens is 1. The molecule has 3 saturated heterocycles. The largest absolute Gasteiger partial charge is 0.412 e. The Bertz CT molecular complexity index is 737.